The number of hydrogen-bond acceptors (Lipinski definition) is 8. The van der Waals surface area contributed by atoms with E-state index in [2.05, 4.69) is 10.5 Å². The molecule has 0 fully saturated rings. The fourth-order valence-electron chi connectivity index (χ4n) is 5.02. The number of rotatable bonds is 8. The molecule has 2 aliphatic heterocycles. The number of benzene rings is 3. The Labute approximate surface area is 240 Å². The van der Waals surface area contributed by atoms with Gasteiger partial charge >= 0.3 is 5.97 Å². The Hall–Kier alpha value is -5.51. The number of amides is 3. The number of furan rings is 1. The summed E-state index contributed by atoms with van der Waals surface area (Å²) < 4.78 is 10.9. The van der Waals surface area contributed by atoms with Gasteiger partial charge in [-0.2, -0.15) is 0 Å². The van der Waals surface area contributed by atoms with Crippen molar-refractivity contribution in [3.05, 3.63) is 119 Å². The molecule has 0 aliphatic carbocycles. The Balaban J connectivity index is 1.15. The van der Waals surface area contributed by atoms with E-state index in [1.807, 2.05) is 18.2 Å². The third kappa shape index (κ3) is 5.17. The lowest BCUT2D eigenvalue weighted by molar-refractivity contribution is -0.131. The molecule has 1 N–H and O–H groups in total. The Morgan fingerprint density at radius 3 is 2.36 bits per heavy atom. The highest BCUT2D eigenvalue weighted by molar-refractivity contribution is 6.21. The summed E-state index contributed by atoms with van der Waals surface area (Å²) in [6, 6.07) is 22.3. The van der Waals surface area contributed by atoms with Gasteiger partial charge in [0.25, 0.3) is 17.7 Å². The summed E-state index contributed by atoms with van der Waals surface area (Å²) >= 11 is 0. The lowest BCUT2D eigenvalue weighted by Gasteiger charge is -2.17. The maximum absolute atomic E-state index is 13.3. The van der Waals surface area contributed by atoms with Crippen molar-refractivity contribution in [3.8, 4) is 5.75 Å². The number of oxime groups is 1. The first-order chi connectivity index (χ1) is 20.4. The summed E-state index contributed by atoms with van der Waals surface area (Å²) in [4.78, 5) is 57.5. The molecule has 0 saturated heterocycles. The van der Waals surface area contributed by atoms with Crippen LogP contribution in [0.5, 0.6) is 5.75 Å². The quantitative estimate of drug-likeness (QED) is 0.178. The second kappa shape index (κ2) is 11.2. The highest BCUT2D eigenvalue weighted by Crippen LogP contribution is 2.31. The molecule has 3 heterocycles. The predicted octanol–water partition coefficient (Wildman–Crippen LogP) is 5.16. The van der Waals surface area contributed by atoms with Gasteiger partial charge in [-0.1, -0.05) is 41.6 Å². The van der Waals surface area contributed by atoms with Gasteiger partial charge in [0.2, 0.25) is 0 Å². The van der Waals surface area contributed by atoms with Crippen molar-refractivity contribution in [1.82, 2.24) is 4.90 Å². The van der Waals surface area contributed by atoms with Crippen LogP contribution in [-0.2, 0) is 16.1 Å². The van der Waals surface area contributed by atoms with Crippen LogP contribution in [0.15, 0.2) is 94.7 Å². The zero-order valence-corrected chi connectivity index (χ0v) is 22.5. The van der Waals surface area contributed by atoms with Gasteiger partial charge in [0, 0.05) is 25.6 Å². The first-order valence-corrected chi connectivity index (χ1v) is 13.3. The monoisotopic (exact) mass is 563 g/mol. The molecule has 6 rings (SSSR count). The molecular weight excluding hydrogens is 538 g/mol. The van der Waals surface area contributed by atoms with E-state index in [0.717, 1.165) is 16.2 Å². The molecule has 0 spiro atoms. The summed E-state index contributed by atoms with van der Waals surface area (Å²) in [6.45, 7) is 1.30. The van der Waals surface area contributed by atoms with Crippen LogP contribution < -0.4 is 10.1 Å². The summed E-state index contributed by atoms with van der Waals surface area (Å²) in [5.74, 6) is -1.07. The molecule has 0 radical (unpaired) electrons. The number of ether oxygens (including phenoxy) is 1. The summed E-state index contributed by atoms with van der Waals surface area (Å²) in [5, 5.41) is 7.01. The van der Waals surface area contributed by atoms with Crippen LogP contribution in [0, 0.1) is 0 Å². The number of para-hydroxylation sites is 1. The molecule has 2 aliphatic rings. The molecule has 1 atom stereocenters. The maximum atomic E-state index is 13.3. The standard InChI is InChI=1S/C32H25N3O7/c1-19(36)41-29-21(15-16-35-31(38)23-7-2-3-8-24(23)32(35)39)6-4-9-25(29)30(37)33-22-13-11-20(12-14-22)26-18-28(42-34-26)27-10-5-17-40-27/h2-14,17,28H,15-16,18H2,1H3,(H,33,37). The van der Waals surface area contributed by atoms with E-state index in [0.29, 0.717) is 34.6 Å². The Kier molecular flexibility index (Phi) is 7.10. The van der Waals surface area contributed by atoms with Crippen LogP contribution in [0.2, 0.25) is 0 Å². The zero-order chi connectivity index (χ0) is 29.2. The van der Waals surface area contributed by atoms with E-state index >= 15 is 0 Å². The fourth-order valence-corrected chi connectivity index (χ4v) is 5.02. The average molecular weight is 564 g/mol. The lowest BCUT2D eigenvalue weighted by Crippen LogP contribution is -2.32. The van der Waals surface area contributed by atoms with Crippen LogP contribution in [0.1, 0.15) is 67.4 Å². The SMILES string of the molecule is CC(=O)Oc1c(CCN2C(=O)c3ccccc3C2=O)cccc1C(=O)Nc1ccc(C2=NOC(c3ccco3)C2)cc1. The second-order valence-electron chi connectivity index (χ2n) is 9.83. The van der Waals surface area contributed by atoms with Crippen LogP contribution in [0.4, 0.5) is 5.69 Å². The Bertz CT molecular complexity index is 1690. The number of hydrogen-bond donors (Lipinski definition) is 1. The van der Waals surface area contributed by atoms with Gasteiger partial charge in [0.15, 0.2) is 6.10 Å². The number of anilines is 1. The first kappa shape index (κ1) is 26.7. The largest absolute Gasteiger partial charge is 0.465 e. The fraction of sp³-hybridized carbons (Fsp3) is 0.156. The molecule has 10 nitrogen and oxygen atoms in total. The van der Waals surface area contributed by atoms with E-state index in [1.54, 1.807) is 66.9 Å². The third-order valence-corrected chi connectivity index (χ3v) is 7.08. The van der Waals surface area contributed by atoms with Crippen molar-refractivity contribution in [2.75, 3.05) is 11.9 Å². The molecule has 3 amide bonds. The van der Waals surface area contributed by atoms with Gasteiger partial charge in [0.05, 0.1) is 28.7 Å². The number of carbonyl (C=O) groups excluding carboxylic acids is 4. The molecule has 10 heteroatoms. The lowest BCUT2D eigenvalue weighted by atomic mass is 10.0. The minimum Gasteiger partial charge on any atom is -0.465 e. The van der Waals surface area contributed by atoms with Crippen molar-refractivity contribution in [3.63, 3.8) is 0 Å². The topological polar surface area (TPSA) is 128 Å². The van der Waals surface area contributed by atoms with Crippen molar-refractivity contribution in [2.24, 2.45) is 5.16 Å². The molecule has 210 valence electrons. The number of esters is 1. The minimum absolute atomic E-state index is 0.0571. The second-order valence-corrected chi connectivity index (χ2v) is 9.83. The predicted molar refractivity (Wildman–Crippen MR) is 151 cm³/mol. The van der Waals surface area contributed by atoms with Gasteiger partial charge in [-0.3, -0.25) is 24.1 Å². The van der Waals surface area contributed by atoms with Crippen molar-refractivity contribution < 1.29 is 33.2 Å². The molecule has 0 bridgehead atoms. The van der Waals surface area contributed by atoms with E-state index in [9.17, 15) is 19.2 Å². The Morgan fingerprint density at radius 1 is 0.952 bits per heavy atom. The maximum Gasteiger partial charge on any atom is 0.308 e. The van der Waals surface area contributed by atoms with Crippen molar-refractivity contribution >= 4 is 35.1 Å². The molecular formula is C32H25N3O7. The molecule has 3 aromatic carbocycles. The molecule has 42 heavy (non-hydrogen) atoms. The highest BCUT2D eigenvalue weighted by Gasteiger charge is 2.35. The number of carbonyl (C=O) groups is 4. The molecule has 1 aromatic heterocycles. The van der Waals surface area contributed by atoms with Crippen molar-refractivity contribution in [1.29, 1.82) is 0 Å². The van der Waals surface area contributed by atoms with Crippen LogP contribution >= 0.6 is 0 Å². The zero-order valence-electron chi connectivity index (χ0n) is 22.5. The van der Waals surface area contributed by atoms with Gasteiger partial charge in [-0.25, -0.2) is 0 Å². The number of nitrogens with one attached hydrogen (secondary N) is 1. The normalized spacial score (nSPS) is 15.7. The van der Waals surface area contributed by atoms with E-state index in [1.165, 1.54) is 6.92 Å². The van der Waals surface area contributed by atoms with Crippen LogP contribution in [0.25, 0.3) is 0 Å². The summed E-state index contributed by atoms with van der Waals surface area (Å²) in [7, 11) is 0. The van der Waals surface area contributed by atoms with Gasteiger partial charge in [-0.05, 0) is 60.0 Å². The highest BCUT2D eigenvalue weighted by atomic mass is 16.6. The smallest absolute Gasteiger partial charge is 0.308 e. The van der Waals surface area contributed by atoms with Crippen molar-refractivity contribution in [2.45, 2.75) is 25.9 Å². The summed E-state index contributed by atoms with van der Waals surface area (Å²) in [5.41, 5.74) is 3.49. The summed E-state index contributed by atoms with van der Waals surface area (Å²) in [6.07, 6.45) is 2.05. The minimum atomic E-state index is -0.603. The molecule has 0 saturated carbocycles. The average Bonchev–Trinajstić information content (AvgIpc) is 3.74. The van der Waals surface area contributed by atoms with Gasteiger partial charge in [0.1, 0.15) is 11.5 Å². The van der Waals surface area contributed by atoms with Gasteiger partial charge in [-0.15, -0.1) is 0 Å². The van der Waals surface area contributed by atoms with E-state index < -0.39 is 11.9 Å². The molecule has 4 aromatic rings. The van der Waals surface area contributed by atoms with Crippen LogP contribution in [-0.4, -0.2) is 40.8 Å². The Morgan fingerprint density at radius 2 is 1.69 bits per heavy atom. The molecule has 1 unspecified atom stereocenters. The van der Waals surface area contributed by atoms with E-state index in [-0.39, 0.29) is 42.2 Å². The van der Waals surface area contributed by atoms with Crippen LogP contribution in [0.3, 0.4) is 0 Å². The number of imide groups is 1. The number of fused-ring (bicyclic) bond motifs is 1. The third-order valence-electron chi connectivity index (χ3n) is 7.08. The number of nitrogens with zero attached hydrogens (tertiary/aromatic N) is 2. The first-order valence-electron chi connectivity index (χ1n) is 13.3. The van der Waals surface area contributed by atoms with Gasteiger partial charge < -0.3 is 19.3 Å². The van der Waals surface area contributed by atoms with E-state index in [4.69, 9.17) is 14.0 Å².